The van der Waals surface area contributed by atoms with Crippen molar-refractivity contribution in [2.24, 2.45) is 5.92 Å². The van der Waals surface area contributed by atoms with Gasteiger partial charge in [0.05, 0.1) is 12.7 Å². The monoisotopic (exact) mass is 272 g/mol. The predicted molar refractivity (Wildman–Crippen MR) is 65.7 cm³/mol. The molecule has 0 saturated carbocycles. The van der Waals surface area contributed by atoms with Crippen LogP contribution in [0.15, 0.2) is 0 Å². The topological polar surface area (TPSA) is 99.1 Å². The zero-order valence-corrected chi connectivity index (χ0v) is 10.9. The lowest BCUT2D eigenvalue weighted by molar-refractivity contribution is -0.141. The Kier molecular flexibility index (Phi) is 4.26. The molecule has 2 unspecified atom stereocenters. The SMILES string of the molecule is CC1COCCC1NC(=O)N1C[C@H](O)C[C@H]1C(=O)O. The summed E-state index contributed by atoms with van der Waals surface area (Å²) in [6.07, 6.45) is 0.0478. The molecule has 4 atom stereocenters. The highest BCUT2D eigenvalue weighted by molar-refractivity contribution is 5.83. The van der Waals surface area contributed by atoms with E-state index in [1.807, 2.05) is 6.92 Å². The Labute approximate surface area is 111 Å². The van der Waals surface area contributed by atoms with Crippen LogP contribution in [-0.4, -0.2) is 65.1 Å². The number of carbonyl (C=O) groups is 2. The number of carboxylic acid groups (broad SMARTS) is 1. The molecule has 2 aliphatic rings. The lowest BCUT2D eigenvalue weighted by Gasteiger charge is -2.32. The van der Waals surface area contributed by atoms with Gasteiger partial charge in [0.25, 0.3) is 0 Å². The fourth-order valence-corrected chi connectivity index (χ4v) is 2.61. The lowest BCUT2D eigenvalue weighted by Crippen LogP contribution is -2.52. The first-order valence-corrected chi connectivity index (χ1v) is 6.54. The summed E-state index contributed by atoms with van der Waals surface area (Å²) < 4.78 is 5.30. The van der Waals surface area contributed by atoms with Gasteiger partial charge in [-0.2, -0.15) is 0 Å². The van der Waals surface area contributed by atoms with Gasteiger partial charge in [-0.05, 0) is 12.3 Å². The maximum atomic E-state index is 12.1. The largest absolute Gasteiger partial charge is 0.480 e. The molecule has 0 radical (unpaired) electrons. The fraction of sp³-hybridized carbons (Fsp3) is 0.833. The number of carboxylic acids is 1. The van der Waals surface area contributed by atoms with E-state index in [4.69, 9.17) is 9.84 Å². The second kappa shape index (κ2) is 5.75. The molecular formula is C12H20N2O5. The van der Waals surface area contributed by atoms with Gasteiger partial charge in [0, 0.05) is 25.6 Å². The van der Waals surface area contributed by atoms with Gasteiger partial charge in [-0.3, -0.25) is 0 Å². The Hall–Kier alpha value is -1.34. The van der Waals surface area contributed by atoms with Crippen molar-refractivity contribution in [3.63, 3.8) is 0 Å². The summed E-state index contributed by atoms with van der Waals surface area (Å²) in [5.74, 6) is -0.875. The van der Waals surface area contributed by atoms with Gasteiger partial charge in [-0.1, -0.05) is 6.92 Å². The third-order valence-electron chi connectivity index (χ3n) is 3.77. The Morgan fingerprint density at radius 3 is 2.79 bits per heavy atom. The highest BCUT2D eigenvalue weighted by Gasteiger charge is 2.39. The van der Waals surface area contributed by atoms with Gasteiger partial charge < -0.3 is 25.2 Å². The van der Waals surface area contributed by atoms with Crippen LogP contribution in [0, 0.1) is 5.92 Å². The first-order valence-electron chi connectivity index (χ1n) is 6.54. The first-order chi connectivity index (χ1) is 8.99. The van der Waals surface area contributed by atoms with Crippen LogP contribution in [0.2, 0.25) is 0 Å². The summed E-state index contributed by atoms with van der Waals surface area (Å²) in [5.41, 5.74) is 0. The van der Waals surface area contributed by atoms with E-state index >= 15 is 0 Å². The molecule has 7 heteroatoms. The third kappa shape index (κ3) is 3.16. The maximum Gasteiger partial charge on any atom is 0.326 e. The van der Waals surface area contributed by atoms with E-state index < -0.39 is 24.1 Å². The van der Waals surface area contributed by atoms with Crippen molar-refractivity contribution in [3.8, 4) is 0 Å². The van der Waals surface area contributed by atoms with Crippen LogP contribution in [0.1, 0.15) is 19.8 Å². The maximum absolute atomic E-state index is 12.1. The first kappa shape index (κ1) is 14.1. The van der Waals surface area contributed by atoms with E-state index in [0.717, 1.165) is 6.42 Å². The molecule has 0 aromatic carbocycles. The number of amides is 2. The minimum atomic E-state index is -1.08. The molecule has 2 aliphatic heterocycles. The zero-order valence-electron chi connectivity index (χ0n) is 10.9. The molecule has 0 aromatic rings. The van der Waals surface area contributed by atoms with Crippen molar-refractivity contribution in [1.29, 1.82) is 0 Å². The molecule has 0 bridgehead atoms. The molecular weight excluding hydrogens is 252 g/mol. The second-order valence-corrected chi connectivity index (χ2v) is 5.29. The summed E-state index contributed by atoms with van der Waals surface area (Å²) >= 11 is 0. The molecule has 19 heavy (non-hydrogen) atoms. The second-order valence-electron chi connectivity index (χ2n) is 5.29. The van der Waals surface area contributed by atoms with E-state index in [1.165, 1.54) is 4.90 Å². The number of likely N-dealkylation sites (tertiary alicyclic amines) is 1. The molecule has 0 spiro atoms. The summed E-state index contributed by atoms with van der Waals surface area (Å²) in [7, 11) is 0. The lowest BCUT2D eigenvalue weighted by atomic mass is 9.98. The van der Waals surface area contributed by atoms with Gasteiger partial charge in [0.2, 0.25) is 0 Å². The molecule has 3 N–H and O–H groups in total. The molecule has 2 amide bonds. The fourth-order valence-electron chi connectivity index (χ4n) is 2.61. The Morgan fingerprint density at radius 1 is 1.42 bits per heavy atom. The molecule has 0 aliphatic carbocycles. The summed E-state index contributed by atoms with van der Waals surface area (Å²) in [5, 5.41) is 21.4. The number of aliphatic hydroxyl groups is 1. The standard InChI is InChI=1S/C12H20N2O5/c1-7-6-19-3-2-9(7)13-12(18)14-5-8(15)4-10(14)11(16)17/h7-10,15H,2-6H2,1H3,(H,13,18)(H,16,17)/t7?,8-,9?,10+/m1/s1. The number of nitrogens with one attached hydrogen (secondary N) is 1. The molecule has 2 fully saturated rings. The summed E-state index contributed by atoms with van der Waals surface area (Å²) in [4.78, 5) is 24.4. The highest BCUT2D eigenvalue weighted by atomic mass is 16.5. The van der Waals surface area contributed by atoms with Gasteiger partial charge in [0.1, 0.15) is 6.04 Å². The minimum absolute atomic E-state index is 0.00608. The average molecular weight is 272 g/mol. The minimum Gasteiger partial charge on any atom is -0.480 e. The highest BCUT2D eigenvalue weighted by Crippen LogP contribution is 2.20. The van der Waals surface area contributed by atoms with Crippen LogP contribution < -0.4 is 5.32 Å². The van der Waals surface area contributed by atoms with Crippen LogP contribution in [-0.2, 0) is 9.53 Å². The van der Waals surface area contributed by atoms with Crippen molar-refractivity contribution in [1.82, 2.24) is 10.2 Å². The number of aliphatic hydroxyl groups excluding tert-OH is 1. The van der Waals surface area contributed by atoms with Gasteiger partial charge >= 0.3 is 12.0 Å². The Bertz CT molecular complexity index is 362. The van der Waals surface area contributed by atoms with E-state index in [0.29, 0.717) is 13.2 Å². The molecule has 0 aromatic heterocycles. The number of hydrogen-bond donors (Lipinski definition) is 3. The smallest absolute Gasteiger partial charge is 0.326 e. The van der Waals surface area contributed by atoms with E-state index in [-0.39, 0.29) is 24.9 Å². The van der Waals surface area contributed by atoms with Gasteiger partial charge in [-0.25, -0.2) is 9.59 Å². The zero-order chi connectivity index (χ0) is 14.0. The number of carbonyl (C=O) groups excluding carboxylic acids is 1. The number of β-amino-alcohol motifs (C(OH)–C–C–N with tert-alkyl or cyclic N) is 1. The summed E-state index contributed by atoms with van der Waals surface area (Å²) in [6, 6.07) is -1.36. The number of nitrogens with zero attached hydrogens (tertiary/aromatic N) is 1. The Balaban J connectivity index is 1.96. The Morgan fingerprint density at radius 2 is 2.16 bits per heavy atom. The van der Waals surface area contributed by atoms with Crippen LogP contribution in [0.3, 0.4) is 0 Å². The van der Waals surface area contributed by atoms with E-state index in [9.17, 15) is 14.7 Å². The van der Waals surface area contributed by atoms with E-state index in [2.05, 4.69) is 5.32 Å². The van der Waals surface area contributed by atoms with Crippen LogP contribution in [0.5, 0.6) is 0 Å². The van der Waals surface area contributed by atoms with Crippen molar-refractivity contribution >= 4 is 12.0 Å². The van der Waals surface area contributed by atoms with Crippen molar-refractivity contribution in [2.45, 2.75) is 38.0 Å². The van der Waals surface area contributed by atoms with Crippen molar-refractivity contribution in [3.05, 3.63) is 0 Å². The van der Waals surface area contributed by atoms with Crippen molar-refractivity contribution in [2.75, 3.05) is 19.8 Å². The number of urea groups is 1. The van der Waals surface area contributed by atoms with Gasteiger partial charge in [0.15, 0.2) is 0 Å². The van der Waals surface area contributed by atoms with Gasteiger partial charge in [-0.15, -0.1) is 0 Å². The number of hydrogen-bond acceptors (Lipinski definition) is 4. The number of aliphatic carboxylic acids is 1. The normalized spacial score (nSPS) is 35.2. The molecule has 108 valence electrons. The number of ether oxygens (including phenoxy) is 1. The average Bonchev–Trinajstić information content (AvgIpc) is 2.74. The van der Waals surface area contributed by atoms with Crippen LogP contribution in [0.25, 0.3) is 0 Å². The number of rotatable bonds is 2. The molecule has 2 saturated heterocycles. The third-order valence-corrected chi connectivity index (χ3v) is 3.77. The molecule has 2 rings (SSSR count). The quantitative estimate of drug-likeness (QED) is 0.637. The predicted octanol–water partition coefficient (Wildman–Crippen LogP) is -0.359. The van der Waals surface area contributed by atoms with Crippen LogP contribution >= 0.6 is 0 Å². The summed E-state index contributed by atoms with van der Waals surface area (Å²) in [6.45, 7) is 3.24. The van der Waals surface area contributed by atoms with Crippen LogP contribution in [0.4, 0.5) is 4.79 Å². The van der Waals surface area contributed by atoms with E-state index in [1.54, 1.807) is 0 Å². The molecule has 2 heterocycles. The molecule has 7 nitrogen and oxygen atoms in total. The van der Waals surface area contributed by atoms with Crippen molar-refractivity contribution < 1.29 is 24.5 Å².